The standard InChI is InChI=1S/C16H16Br2FN/c1-9-4-5-11(19)7-12(9)16(20-3)13-8-14(17)10(2)6-15(13)18/h4-8,16,20H,1-3H3. The Morgan fingerprint density at radius 3 is 2.30 bits per heavy atom. The Morgan fingerprint density at radius 1 is 0.950 bits per heavy atom. The van der Waals surface area contributed by atoms with Crippen LogP contribution in [-0.4, -0.2) is 7.05 Å². The molecule has 20 heavy (non-hydrogen) atoms. The van der Waals surface area contributed by atoms with Crippen molar-refractivity contribution in [2.45, 2.75) is 19.9 Å². The Balaban J connectivity index is 2.58. The average Bonchev–Trinajstić information content (AvgIpc) is 2.40. The van der Waals surface area contributed by atoms with Gasteiger partial charge in [-0.2, -0.15) is 0 Å². The van der Waals surface area contributed by atoms with Crippen molar-refractivity contribution in [3.8, 4) is 0 Å². The maximum Gasteiger partial charge on any atom is 0.123 e. The fourth-order valence-corrected chi connectivity index (χ4v) is 3.33. The molecular weight excluding hydrogens is 385 g/mol. The third kappa shape index (κ3) is 3.13. The smallest absolute Gasteiger partial charge is 0.123 e. The summed E-state index contributed by atoms with van der Waals surface area (Å²) < 4.78 is 15.6. The zero-order valence-corrected chi connectivity index (χ0v) is 14.8. The summed E-state index contributed by atoms with van der Waals surface area (Å²) in [7, 11) is 1.88. The van der Waals surface area contributed by atoms with Crippen LogP contribution in [0, 0.1) is 19.7 Å². The Kier molecular flexibility index (Phi) is 4.99. The fraction of sp³-hybridized carbons (Fsp3) is 0.250. The largest absolute Gasteiger partial charge is 0.309 e. The molecule has 0 saturated carbocycles. The third-order valence-corrected chi connectivity index (χ3v) is 4.97. The average molecular weight is 401 g/mol. The molecule has 0 bridgehead atoms. The van der Waals surface area contributed by atoms with Crippen LogP contribution in [0.5, 0.6) is 0 Å². The summed E-state index contributed by atoms with van der Waals surface area (Å²) in [4.78, 5) is 0. The molecule has 0 fully saturated rings. The van der Waals surface area contributed by atoms with Gasteiger partial charge < -0.3 is 5.32 Å². The molecule has 2 aromatic carbocycles. The monoisotopic (exact) mass is 399 g/mol. The van der Waals surface area contributed by atoms with Crippen molar-refractivity contribution in [1.82, 2.24) is 5.32 Å². The molecule has 0 radical (unpaired) electrons. The zero-order valence-electron chi connectivity index (χ0n) is 11.6. The minimum absolute atomic E-state index is 0.0584. The minimum atomic E-state index is -0.215. The molecule has 2 rings (SSSR count). The van der Waals surface area contributed by atoms with Gasteiger partial charge in [-0.05, 0) is 67.4 Å². The van der Waals surface area contributed by atoms with E-state index in [1.165, 1.54) is 6.07 Å². The van der Waals surface area contributed by atoms with E-state index in [9.17, 15) is 4.39 Å². The highest BCUT2D eigenvalue weighted by Gasteiger charge is 2.18. The second kappa shape index (κ2) is 6.37. The van der Waals surface area contributed by atoms with Gasteiger partial charge in [0.05, 0.1) is 6.04 Å². The topological polar surface area (TPSA) is 12.0 Å². The van der Waals surface area contributed by atoms with E-state index in [0.717, 1.165) is 31.2 Å². The van der Waals surface area contributed by atoms with Crippen molar-refractivity contribution < 1.29 is 4.39 Å². The number of nitrogens with one attached hydrogen (secondary N) is 1. The molecule has 2 aromatic rings. The first-order chi connectivity index (χ1) is 9.43. The SMILES string of the molecule is CNC(c1cc(F)ccc1C)c1cc(Br)c(C)cc1Br. The predicted molar refractivity (Wildman–Crippen MR) is 88.6 cm³/mol. The molecule has 106 valence electrons. The van der Waals surface area contributed by atoms with Crippen LogP contribution in [0.3, 0.4) is 0 Å². The van der Waals surface area contributed by atoms with Gasteiger partial charge in [-0.1, -0.05) is 37.9 Å². The number of aryl methyl sites for hydroxylation is 2. The number of hydrogen-bond donors (Lipinski definition) is 1. The lowest BCUT2D eigenvalue weighted by molar-refractivity contribution is 0.614. The fourth-order valence-electron chi connectivity index (χ4n) is 2.28. The molecule has 1 nitrogen and oxygen atoms in total. The Labute approximate surface area is 135 Å². The second-order valence-corrected chi connectivity index (χ2v) is 6.55. The zero-order chi connectivity index (χ0) is 14.9. The van der Waals surface area contributed by atoms with Gasteiger partial charge >= 0.3 is 0 Å². The summed E-state index contributed by atoms with van der Waals surface area (Å²) >= 11 is 7.17. The maximum atomic E-state index is 13.6. The van der Waals surface area contributed by atoms with E-state index < -0.39 is 0 Å². The molecule has 0 aliphatic heterocycles. The van der Waals surface area contributed by atoms with Crippen LogP contribution in [-0.2, 0) is 0 Å². The molecule has 1 N–H and O–H groups in total. The number of halogens is 3. The highest BCUT2D eigenvalue weighted by atomic mass is 79.9. The van der Waals surface area contributed by atoms with Gasteiger partial charge in [0.2, 0.25) is 0 Å². The summed E-state index contributed by atoms with van der Waals surface area (Å²) in [6.07, 6.45) is 0. The number of benzene rings is 2. The number of rotatable bonds is 3. The Morgan fingerprint density at radius 2 is 1.65 bits per heavy atom. The molecule has 0 aromatic heterocycles. The van der Waals surface area contributed by atoms with E-state index in [1.807, 2.05) is 27.0 Å². The van der Waals surface area contributed by atoms with Crippen LogP contribution in [0.15, 0.2) is 39.3 Å². The van der Waals surface area contributed by atoms with E-state index in [0.29, 0.717) is 0 Å². The molecule has 4 heteroatoms. The van der Waals surface area contributed by atoms with Crippen molar-refractivity contribution in [2.75, 3.05) is 7.05 Å². The summed E-state index contributed by atoms with van der Waals surface area (Å²) in [6.45, 7) is 4.04. The third-order valence-electron chi connectivity index (χ3n) is 3.43. The van der Waals surface area contributed by atoms with Crippen LogP contribution < -0.4 is 5.32 Å². The quantitative estimate of drug-likeness (QED) is 0.739. The van der Waals surface area contributed by atoms with Crippen LogP contribution >= 0.6 is 31.9 Å². The van der Waals surface area contributed by atoms with Crippen LogP contribution in [0.25, 0.3) is 0 Å². The minimum Gasteiger partial charge on any atom is -0.309 e. The maximum absolute atomic E-state index is 13.6. The van der Waals surface area contributed by atoms with Gasteiger partial charge in [-0.15, -0.1) is 0 Å². The van der Waals surface area contributed by atoms with Gasteiger partial charge in [0.15, 0.2) is 0 Å². The van der Waals surface area contributed by atoms with E-state index in [-0.39, 0.29) is 11.9 Å². The first kappa shape index (κ1) is 15.7. The van der Waals surface area contributed by atoms with Crippen LogP contribution in [0.1, 0.15) is 28.3 Å². The van der Waals surface area contributed by atoms with Gasteiger partial charge in [0.25, 0.3) is 0 Å². The number of hydrogen-bond acceptors (Lipinski definition) is 1. The molecule has 0 heterocycles. The summed E-state index contributed by atoms with van der Waals surface area (Å²) in [5.74, 6) is -0.215. The van der Waals surface area contributed by atoms with Crippen molar-refractivity contribution >= 4 is 31.9 Å². The lowest BCUT2D eigenvalue weighted by atomic mass is 9.94. The summed E-state index contributed by atoms with van der Waals surface area (Å²) in [6, 6.07) is 8.98. The summed E-state index contributed by atoms with van der Waals surface area (Å²) in [5, 5.41) is 3.27. The molecule has 0 amide bonds. The second-order valence-electron chi connectivity index (χ2n) is 4.85. The van der Waals surface area contributed by atoms with Crippen molar-refractivity contribution in [3.63, 3.8) is 0 Å². The van der Waals surface area contributed by atoms with Crippen molar-refractivity contribution in [1.29, 1.82) is 0 Å². The molecule has 1 unspecified atom stereocenters. The van der Waals surface area contributed by atoms with E-state index in [1.54, 1.807) is 6.07 Å². The van der Waals surface area contributed by atoms with Gasteiger partial charge in [0, 0.05) is 8.95 Å². The first-order valence-electron chi connectivity index (χ1n) is 6.33. The highest BCUT2D eigenvalue weighted by molar-refractivity contribution is 9.11. The van der Waals surface area contributed by atoms with Gasteiger partial charge in [-0.25, -0.2) is 4.39 Å². The molecule has 0 saturated heterocycles. The lowest BCUT2D eigenvalue weighted by Crippen LogP contribution is -2.19. The Hall–Kier alpha value is -0.710. The van der Waals surface area contributed by atoms with Gasteiger partial charge in [0.1, 0.15) is 5.82 Å². The molecule has 0 spiro atoms. The molecule has 0 aliphatic rings. The van der Waals surface area contributed by atoms with Gasteiger partial charge in [-0.3, -0.25) is 0 Å². The lowest BCUT2D eigenvalue weighted by Gasteiger charge is -2.21. The van der Waals surface area contributed by atoms with Crippen LogP contribution in [0.4, 0.5) is 4.39 Å². The van der Waals surface area contributed by atoms with Crippen molar-refractivity contribution in [3.05, 3.63) is 67.3 Å². The predicted octanol–water partition coefficient (Wildman–Crippen LogP) is 5.28. The van der Waals surface area contributed by atoms with E-state index in [2.05, 4.69) is 49.3 Å². The van der Waals surface area contributed by atoms with E-state index in [4.69, 9.17) is 0 Å². The summed E-state index contributed by atoms with van der Waals surface area (Å²) in [5.41, 5.74) is 4.25. The normalized spacial score (nSPS) is 12.5. The molecule has 1 atom stereocenters. The van der Waals surface area contributed by atoms with E-state index >= 15 is 0 Å². The van der Waals surface area contributed by atoms with Crippen molar-refractivity contribution in [2.24, 2.45) is 0 Å². The van der Waals surface area contributed by atoms with Crippen LogP contribution in [0.2, 0.25) is 0 Å². The first-order valence-corrected chi connectivity index (χ1v) is 7.91. The molecule has 0 aliphatic carbocycles. The molecular formula is C16H16Br2FN. The highest BCUT2D eigenvalue weighted by Crippen LogP contribution is 2.34. The Bertz CT molecular complexity index is 641.